The highest BCUT2D eigenvalue weighted by atomic mass is 32.2. The Morgan fingerprint density at radius 2 is 1.93 bits per heavy atom. The fourth-order valence-corrected chi connectivity index (χ4v) is 5.33. The molecular formula is C22H24N2O3S2. The van der Waals surface area contributed by atoms with Crippen LogP contribution < -0.4 is 4.80 Å². The molecule has 0 fully saturated rings. The van der Waals surface area contributed by atoms with E-state index in [0.29, 0.717) is 17.3 Å². The Morgan fingerprint density at radius 3 is 2.59 bits per heavy atom. The third-order valence-electron chi connectivity index (χ3n) is 4.59. The average molecular weight is 429 g/mol. The molecule has 0 saturated carbocycles. The van der Waals surface area contributed by atoms with Crippen LogP contribution in [-0.4, -0.2) is 24.6 Å². The van der Waals surface area contributed by atoms with Crippen molar-refractivity contribution in [1.29, 1.82) is 0 Å². The summed E-state index contributed by atoms with van der Waals surface area (Å²) in [6.07, 6.45) is 1.60. The lowest BCUT2D eigenvalue weighted by molar-refractivity contribution is -0.117. The molecule has 152 valence electrons. The molecule has 3 rings (SSSR count). The molecule has 0 aliphatic carbocycles. The van der Waals surface area contributed by atoms with Gasteiger partial charge in [-0.25, -0.2) is 8.42 Å². The quantitative estimate of drug-likeness (QED) is 0.527. The maximum Gasteiger partial charge on any atom is 0.249 e. The highest BCUT2D eigenvalue weighted by Gasteiger charge is 2.16. The van der Waals surface area contributed by atoms with Crippen LogP contribution in [0, 0.1) is 0 Å². The highest BCUT2D eigenvalue weighted by Crippen LogP contribution is 2.23. The first-order valence-electron chi connectivity index (χ1n) is 9.41. The third-order valence-corrected chi connectivity index (χ3v) is 7.37. The van der Waals surface area contributed by atoms with Crippen LogP contribution in [0.2, 0.25) is 0 Å². The molecule has 0 saturated heterocycles. The summed E-state index contributed by atoms with van der Waals surface area (Å²) in [5.74, 6) is -0.305. The molecule has 0 N–H and O–H groups in total. The van der Waals surface area contributed by atoms with Crippen molar-refractivity contribution < 1.29 is 13.2 Å². The standard InChI is InChI=1S/C22H24N2O3S2/c1-4-13-24-19-11-10-17(16(2)3)15-20(19)28-22(24)23-21(25)12-14-29(26,27)18-8-6-5-7-9-18/h4-11,15-16H,1,12-14H2,2-3H3. The number of benzene rings is 2. The number of allylic oxidation sites excluding steroid dienone is 1. The monoisotopic (exact) mass is 428 g/mol. The fourth-order valence-electron chi connectivity index (χ4n) is 2.97. The molecule has 29 heavy (non-hydrogen) atoms. The largest absolute Gasteiger partial charge is 0.313 e. The van der Waals surface area contributed by atoms with Crippen molar-refractivity contribution in [2.45, 2.75) is 37.6 Å². The van der Waals surface area contributed by atoms with Crippen LogP contribution in [0.3, 0.4) is 0 Å². The van der Waals surface area contributed by atoms with Crippen LogP contribution in [0.1, 0.15) is 31.7 Å². The van der Waals surface area contributed by atoms with E-state index in [-0.39, 0.29) is 17.1 Å². The van der Waals surface area contributed by atoms with Gasteiger partial charge in [0.05, 0.1) is 20.9 Å². The first-order valence-corrected chi connectivity index (χ1v) is 11.9. The molecule has 1 aromatic heterocycles. The van der Waals surface area contributed by atoms with E-state index in [4.69, 9.17) is 0 Å². The molecule has 0 radical (unpaired) electrons. The number of fused-ring (bicyclic) bond motifs is 1. The molecule has 0 atom stereocenters. The van der Waals surface area contributed by atoms with Gasteiger partial charge in [-0.05, 0) is 35.7 Å². The van der Waals surface area contributed by atoms with Gasteiger partial charge < -0.3 is 4.57 Å². The summed E-state index contributed by atoms with van der Waals surface area (Å²) < 4.78 is 27.8. The Balaban J connectivity index is 1.89. The van der Waals surface area contributed by atoms with Crippen molar-refractivity contribution in [2.75, 3.05) is 5.75 Å². The lowest BCUT2D eigenvalue weighted by Crippen LogP contribution is -2.17. The van der Waals surface area contributed by atoms with Crippen LogP contribution in [0.25, 0.3) is 10.2 Å². The van der Waals surface area contributed by atoms with E-state index in [1.807, 2.05) is 10.6 Å². The topological polar surface area (TPSA) is 68.5 Å². The molecule has 0 aliphatic heterocycles. The summed E-state index contributed by atoms with van der Waals surface area (Å²) in [6, 6.07) is 14.4. The second-order valence-corrected chi connectivity index (χ2v) is 10.2. The molecule has 2 aromatic carbocycles. The number of hydrogen-bond donors (Lipinski definition) is 0. The van der Waals surface area contributed by atoms with Crippen LogP contribution in [0.5, 0.6) is 0 Å². The summed E-state index contributed by atoms with van der Waals surface area (Å²) in [6.45, 7) is 8.58. The number of amides is 1. The molecule has 0 bridgehead atoms. The number of rotatable bonds is 7. The van der Waals surface area contributed by atoms with E-state index in [1.165, 1.54) is 29.0 Å². The summed E-state index contributed by atoms with van der Waals surface area (Å²) in [5.41, 5.74) is 2.21. The molecule has 0 aliphatic rings. The summed E-state index contributed by atoms with van der Waals surface area (Å²) in [5, 5.41) is 0. The Kier molecular flexibility index (Phi) is 6.49. The lowest BCUT2D eigenvalue weighted by atomic mass is 10.0. The number of thiazole rings is 1. The third kappa shape index (κ3) is 4.92. The zero-order valence-electron chi connectivity index (χ0n) is 16.5. The van der Waals surface area contributed by atoms with E-state index < -0.39 is 15.7 Å². The predicted octanol–water partition coefficient (Wildman–Crippen LogP) is 4.30. The number of sulfone groups is 1. The number of hydrogen-bond acceptors (Lipinski definition) is 4. The van der Waals surface area contributed by atoms with Crippen LogP contribution in [0.4, 0.5) is 0 Å². The second-order valence-electron chi connectivity index (χ2n) is 7.05. The molecule has 0 unspecified atom stereocenters. The van der Waals surface area contributed by atoms with E-state index in [0.717, 1.165) is 10.2 Å². The Morgan fingerprint density at radius 1 is 1.21 bits per heavy atom. The van der Waals surface area contributed by atoms with Gasteiger partial charge in [-0.1, -0.05) is 55.5 Å². The van der Waals surface area contributed by atoms with E-state index in [9.17, 15) is 13.2 Å². The second kappa shape index (κ2) is 8.88. The maximum atomic E-state index is 12.4. The lowest BCUT2D eigenvalue weighted by Gasteiger charge is -2.06. The van der Waals surface area contributed by atoms with Gasteiger partial charge in [0, 0.05) is 13.0 Å². The van der Waals surface area contributed by atoms with E-state index in [1.54, 1.807) is 24.3 Å². The Hall–Kier alpha value is -2.51. The van der Waals surface area contributed by atoms with Crippen LogP contribution >= 0.6 is 11.3 Å². The van der Waals surface area contributed by atoms with E-state index in [2.05, 4.69) is 37.6 Å². The number of carbonyl (C=O) groups excluding carboxylic acids is 1. The normalized spacial score (nSPS) is 12.6. The molecular weight excluding hydrogens is 404 g/mol. The minimum absolute atomic E-state index is 0.156. The van der Waals surface area contributed by atoms with Gasteiger partial charge in [-0.2, -0.15) is 4.99 Å². The number of carbonyl (C=O) groups is 1. The number of aromatic nitrogens is 1. The summed E-state index contributed by atoms with van der Waals surface area (Å²) in [7, 11) is -3.51. The Bertz CT molecular complexity index is 1200. The van der Waals surface area contributed by atoms with Gasteiger partial charge in [-0.15, -0.1) is 6.58 Å². The maximum absolute atomic E-state index is 12.4. The van der Waals surface area contributed by atoms with Crippen molar-refractivity contribution in [1.82, 2.24) is 4.57 Å². The van der Waals surface area contributed by atoms with Crippen LogP contribution in [0.15, 0.2) is 71.1 Å². The van der Waals surface area contributed by atoms with Crippen LogP contribution in [-0.2, 0) is 21.2 Å². The number of nitrogens with zero attached hydrogens (tertiary/aromatic N) is 2. The van der Waals surface area contributed by atoms with Gasteiger partial charge in [0.1, 0.15) is 0 Å². The average Bonchev–Trinajstić information content (AvgIpc) is 3.04. The van der Waals surface area contributed by atoms with Crippen molar-refractivity contribution in [3.05, 3.63) is 71.6 Å². The van der Waals surface area contributed by atoms with Crippen molar-refractivity contribution in [3.63, 3.8) is 0 Å². The van der Waals surface area contributed by atoms with Gasteiger partial charge >= 0.3 is 0 Å². The molecule has 7 heteroatoms. The van der Waals surface area contributed by atoms with Crippen molar-refractivity contribution in [2.24, 2.45) is 4.99 Å². The Labute approximate surface area is 175 Å². The van der Waals surface area contributed by atoms with Gasteiger partial charge in [-0.3, -0.25) is 4.79 Å². The highest BCUT2D eigenvalue weighted by molar-refractivity contribution is 7.91. The van der Waals surface area contributed by atoms with Crippen molar-refractivity contribution in [3.8, 4) is 0 Å². The predicted molar refractivity (Wildman–Crippen MR) is 118 cm³/mol. The molecule has 3 aromatic rings. The van der Waals surface area contributed by atoms with Gasteiger partial charge in [0.2, 0.25) is 5.91 Å². The van der Waals surface area contributed by atoms with Gasteiger partial charge in [0.25, 0.3) is 0 Å². The smallest absolute Gasteiger partial charge is 0.249 e. The summed E-state index contributed by atoms with van der Waals surface area (Å²) in [4.78, 5) is 17.4. The molecule has 0 spiro atoms. The zero-order chi connectivity index (χ0) is 21.0. The molecule has 1 heterocycles. The molecule has 5 nitrogen and oxygen atoms in total. The first kappa shape index (κ1) is 21.2. The fraction of sp³-hybridized carbons (Fsp3) is 0.273. The SMILES string of the molecule is C=CCn1c(=NC(=O)CCS(=O)(=O)c2ccccc2)sc2cc(C(C)C)ccc21. The molecule has 1 amide bonds. The zero-order valence-corrected chi connectivity index (χ0v) is 18.2. The van der Waals surface area contributed by atoms with Crippen molar-refractivity contribution >= 4 is 37.3 Å². The van der Waals surface area contributed by atoms with E-state index >= 15 is 0 Å². The minimum atomic E-state index is -3.51. The minimum Gasteiger partial charge on any atom is -0.313 e. The van der Waals surface area contributed by atoms with Gasteiger partial charge in [0.15, 0.2) is 14.6 Å². The summed E-state index contributed by atoms with van der Waals surface area (Å²) >= 11 is 1.43. The first-order chi connectivity index (χ1) is 13.8.